The minimum Gasteiger partial charge on any atom is -0.444 e. The van der Waals surface area contributed by atoms with E-state index in [2.05, 4.69) is 166 Å². The summed E-state index contributed by atoms with van der Waals surface area (Å²) in [4.78, 5) is 82.5. The quantitative estimate of drug-likeness (QED) is 0.0140. The maximum absolute atomic E-state index is 12.4. The van der Waals surface area contributed by atoms with E-state index in [4.69, 9.17) is 31.0 Å². The van der Waals surface area contributed by atoms with E-state index in [-0.39, 0.29) is 21.7 Å². The van der Waals surface area contributed by atoms with E-state index in [1.165, 1.54) is 117 Å². The minimum absolute atomic E-state index is 0.170. The van der Waals surface area contributed by atoms with Gasteiger partial charge in [-0.05, 0) is 204 Å². The molecule has 7 aliphatic rings. The SMILES string of the molecule is CC(C)(C)OC(=O)N1CCC(SCc2ncccc2SC(C)(C)C)C1.CC(C)(C)OC(=O)N1CCC(SCc2ncccc2SSc2cccnc2CSC2CCCC2)C1.CC(C)(C)Sc1cccnc1CCl.O=O.SC1CCCC1.Sc1cccnc1CSC1CCNC1.c1cnc(CSC2CCNC2)c(SSc2cccnc2CSC2CCNC2)c1. The van der Waals surface area contributed by atoms with Crippen molar-refractivity contribution < 1.29 is 19.1 Å². The summed E-state index contributed by atoms with van der Waals surface area (Å²) >= 11 is 30.0. The molecule has 33 heteroatoms. The van der Waals surface area contributed by atoms with Crippen LogP contribution in [0.15, 0.2) is 163 Å². The molecule has 18 nitrogen and oxygen atoms in total. The molecule has 0 bridgehead atoms. The second-order valence-corrected chi connectivity index (χ2v) is 51.7. The summed E-state index contributed by atoms with van der Waals surface area (Å²) in [6.07, 6.45) is 29.5. The van der Waals surface area contributed by atoms with Crippen LogP contribution < -0.4 is 16.0 Å². The average Bonchev–Trinajstić information content (AvgIpc) is 1.68. The molecule has 0 aromatic carbocycles. The maximum Gasteiger partial charge on any atom is 0.410 e. The number of ether oxygens (including phenoxy) is 2. The van der Waals surface area contributed by atoms with Crippen LogP contribution in [0.25, 0.3) is 0 Å². The molecule has 14 rings (SSSR count). The predicted molar refractivity (Wildman–Crippen MR) is 545 cm³/mol. The molecule has 5 saturated heterocycles. The molecule has 5 unspecified atom stereocenters. The third kappa shape index (κ3) is 42.1. The van der Waals surface area contributed by atoms with Gasteiger partial charge in [-0.2, -0.15) is 83.2 Å². The summed E-state index contributed by atoms with van der Waals surface area (Å²) in [5.74, 6) is 6.15. The van der Waals surface area contributed by atoms with Crippen LogP contribution in [0.4, 0.5) is 9.59 Å². The second kappa shape index (κ2) is 56.9. The van der Waals surface area contributed by atoms with Gasteiger partial charge in [0.2, 0.25) is 0 Å². The van der Waals surface area contributed by atoms with Crippen LogP contribution in [-0.2, 0) is 49.9 Å². The number of hydrogen-bond donors (Lipinski definition) is 5. The lowest BCUT2D eigenvalue weighted by molar-refractivity contribution is 0.0285. The van der Waals surface area contributed by atoms with Gasteiger partial charge in [0.15, 0.2) is 0 Å². The molecule has 123 heavy (non-hydrogen) atoms. The Morgan fingerprint density at radius 2 is 0.675 bits per heavy atom. The molecule has 676 valence electrons. The largest absolute Gasteiger partial charge is 0.444 e. The van der Waals surface area contributed by atoms with Crippen molar-refractivity contribution in [2.75, 3.05) is 65.4 Å². The van der Waals surface area contributed by atoms with Gasteiger partial charge in [0.05, 0.1) is 45.7 Å². The number of thioether (sulfide) groups is 8. The molecule has 12 heterocycles. The normalized spacial score (nSPS) is 19.1. The lowest BCUT2D eigenvalue weighted by Crippen LogP contribution is -2.35. The highest BCUT2D eigenvalue weighted by Gasteiger charge is 2.33. The number of carbonyl (C=O) groups excluding carboxylic acids is 2. The fourth-order valence-corrected chi connectivity index (χ4v) is 28.5. The van der Waals surface area contributed by atoms with Gasteiger partial charge in [-0.3, -0.25) is 34.9 Å². The van der Waals surface area contributed by atoms with Crippen LogP contribution in [0.2, 0.25) is 0 Å². The van der Waals surface area contributed by atoms with Gasteiger partial charge >= 0.3 is 12.2 Å². The average molecular weight is 1960 g/mol. The summed E-state index contributed by atoms with van der Waals surface area (Å²) in [6.45, 7) is 34.5. The molecule has 0 spiro atoms. The fourth-order valence-electron chi connectivity index (χ4n) is 13.2. The number of nitrogens with zero attached hydrogens (tertiary/aromatic N) is 9. The molecule has 2 aliphatic carbocycles. The number of aromatic nitrogens is 7. The summed E-state index contributed by atoms with van der Waals surface area (Å²) in [5, 5.41) is 14.8. The Balaban J connectivity index is 0.000000193. The van der Waals surface area contributed by atoms with Crippen molar-refractivity contribution in [3.8, 4) is 0 Å². The van der Waals surface area contributed by atoms with Crippen molar-refractivity contribution in [3.63, 3.8) is 0 Å². The molecule has 2 amide bonds. The van der Waals surface area contributed by atoms with Crippen molar-refractivity contribution >= 4 is 186 Å². The summed E-state index contributed by atoms with van der Waals surface area (Å²) < 4.78 is 11.4. The van der Waals surface area contributed by atoms with E-state index in [0.717, 1.165) is 167 Å². The molecule has 5 atom stereocenters. The molecule has 7 aromatic heterocycles. The standard InChI is InChI=1S/C26H35N3O2S4.C20H26N4S4.C19H30N2O2S2.C10H14ClNS.C10H14N2S2.C5H10S.O2/c1-26(2,3)31-25(30)29-15-12-20(16-29)33-18-22-24(11-7-14-28-22)35-34-23-10-6-13-27-21(23)17-32-19-8-4-5-9-19;1-3-19(17(23-7-1)13-25-15-5-9-21-11-15)27-28-20-4-2-8-24-18(20)14-26-16-6-10-22-12-16;1-18(2,3)23-17(22)21-11-9-14(12-21)24-13-15-16(8-7-10-20-15)25-19(4,5)6;1-10(2,3)13-9-5-4-6-12-8(9)7-11;13-10-2-1-4-12-9(10)7-14-8-3-5-11-6-8;6-5-3-1-2-4-5;1-2/h6-7,10-11,13-14,19-20H,4-5,8-9,12,15-18H2,1-3H3;1-4,7-8,15-16,21-22H,5-6,9-14H2;7-8,10,14H,9,11-13H2,1-6H3;4-6H,7H2,1-3H3;1-2,4,8,11,13H,3,5-7H2;5-6H,1-4H2;. The Kier molecular flexibility index (Phi) is 48.8. The van der Waals surface area contributed by atoms with Crippen LogP contribution in [0.5, 0.6) is 0 Å². The van der Waals surface area contributed by atoms with E-state index in [1.807, 2.05) is 229 Å². The van der Waals surface area contributed by atoms with Crippen LogP contribution in [0.1, 0.15) is 206 Å². The number of carbonyl (C=O) groups is 2. The van der Waals surface area contributed by atoms with E-state index >= 15 is 0 Å². The van der Waals surface area contributed by atoms with Gasteiger partial charge in [-0.25, -0.2) is 9.59 Å². The predicted octanol–water partition coefficient (Wildman–Crippen LogP) is 25.0. The highest BCUT2D eigenvalue weighted by molar-refractivity contribution is 8.77. The molecule has 5 aliphatic heterocycles. The van der Waals surface area contributed by atoms with Gasteiger partial charge in [0.25, 0.3) is 0 Å². The van der Waals surface area contributed by atoms with Gasteiger partial charge in [0, 0.05) is 214 Å². The molecular formula is C90H129ClN12O6S14. The number of amides is 2. The van der Waals surface area contributed by atoms with Gasteiger partial charge in [-0.15, -0.1) is 47.8 Å². The number of pyridine rings is 7. The molecule has 7 aromatic rings. The van der Waals surface area contributed by atoms with E-state index < -0.39 is 11.2 Å². The topological polar surface area (TPSA) is 220 Å². The lowest BCUT2D eigenvalue weighted by Gasteiger charge is -2.24. The highest BCUT2D eigenvalue weighted by Crippen LogP contribution is 2.45. The zero-order chi connectivity index (χ0) is 88.5. The minimum atomic E-state index is -0.455. The third-order valence-corrected chi connectivity index (χ3v) is 35.9. The molecule has 2 saturated carbocycles. The number of alkyl halides is 1. The number of rotatable bonds is 27. The van der Waals surface area contributed by atoms with Gasteiger partial charge in [-0.1, -0.05) is 110 Å². The number of thiol groups is 2. The van der Waals surface area contributed by atoms with Crippen molar-refractivity contribution in [2.45, 2.75) is 299 Å². The summed E-state index contributed by atoms with van der Waals surface area (Å²) in [6, 6.07) is 29.0. The Morgan fingerprint density at radius 3 is 0.976 bits per heavy atom. The Hall–Kier alpha value is -2.74. The smallest absolute Gasteiger partial charge is 0.410 e. The highest BCUT2D eigenvalue weighted by atomic mass is 35.5. The molecular weight excluding hydrogens is 1830 g/mol. The Labute approximate surface area is 800 Å². The number of hydrogen-bond acceptors (Lipinski definition) is 30. The van der Waals surface area contributed by atoms with Crippen LogP contribution >= 0.6 is 174 Å². The number of halogens is 1. The Morgan fingerprint density at radius 1 is 0.390 bits per heavy atom. The van der Waals surface area contributed by atoms with E-state index in [1.54, 1.807) is 39.5 Å². The first-order valence-corrected chi connectivity index (χ1v) is 56.3. The maximum atomic E-state index is 12.4. The first-order valence-electron chi connectivity index (χ1n) is 42.6. The molecule has 0 radical (unpaired) electrons. The lowest BCUT2D eigenvalue weighted by atomic mass is 10.2. The second-order valence-electron chi connectivity index (χ2n) is 34.3. The van der Waals surface area contributed by atoms with Crippen molar-refractivity contribution in [1.82, 2.24) is 60.6 Å². The van der Waals surface area contributed by atoms with E-state index in [0.29, 0.717) is 16.4 Å². The van der Waals surface area contributed by atoms with Crippen LogP contribution in [0, 0.1) is 9.93 Å². The first-order chi connectivity index (χ1) is 59.1. The van der Waals surface area contributed by atoms with Gasteiger partial charge in [0.1, 0.15) is 11.2 Å². The zero-order valence-electron chi connectivity index (χ0n) is 73.5. The fraction of sp³-hybridized carbons (Fsp3) is 0.589. The van der Waals surface area contributed by atoms with Crippen LogP contribution in [-0.4, -0.2) is 180 Å². The Bertz CT molecular complexity index is 4140. The monoisotopic (exact) mass is 1960 g/mol. The molecule has 7 fully saturated rings. The number of nitrogens with one attached hydrogen (secondary N) is 3. The van der Waals surface area contributed by atoms with Gasteiger partial charge < -0.3 is 35.2 Å². The first kappa shape index (κ1) is 106. The molecule has 3 N–H and O–H groups in total. The summed E-state index contributed by atoms with van der Waals surface area (Å²) in [5.41, 5.74) is 7.03. The van der Waals surface area contributed by atoms with Crippen molar-refractivity contribution in [1.29, 1.82) is 0 Å². The van der Waals surface area contributed by atoms with Crippen molar-refractivity contribution in [2.24, 2.45) is 0 Å². The summed E-state index contributed by atoms with van der Waals surface area (Å²) in [7, 11) is 7.20. The van der Waals surface area contributed by atoms with E-state index in [9.17, 15) is 9.59 Å². The van der Waals surface area contributed by atoms with Crippen LogP contribution in [0.3, 0.4) is 0 Å². The van der Waals surface area contributed by atoms with Crippen molar-refractivity contribution in [3.05, 3.63) is 178 Å². The number of likely N-dealkylation sites (tertiary alicyclic amines) is 2. The third-order valence-electron chi connectivity index (χ3n) is 19.4. The zero-order valence-corrected chi connectivity index (χ0v) is 85.9.